The van der Waals surface area contributed by atoms with Crippen LogP contribution in [0.25, 0.3) is 0 Å². The summed E-state index contributed by atoms with van der Waals surface area (Å²) < 4.78 is 0.862. The number of aryl methyl sites for hydroxylation is 1. The van der Waals surface area contributed by atoms with E-state index in [-0.39, 0.29) is 6.10 Å². The van der Waals surface area contributed by atoms with E-state index in [2.05, 4.69) is 39.9 Å². The first-order valence-corrected chi connectivity index (χ1v) is 7.56. The Morgan fingerprint density at radius 1 is 1.32 bits per heavy atom. The minimum absolute atomic E-state index is 0.143. The van der Waals surface area contributed by atoms with Gasteiger partial charge in [-0.1, -0.05) is 0 Å². The molecule has 1 aromatic rings. The van der Waals surface area contributed by atoms with Crippen molar-refractivity contribution in [2.24, 2.45) is 0 Å². The smallest absolute Gasteiger partial charge is 0.100 e. The van der Waals surface area contributed by atoms with Crippen molar-refractivity contribution in [3.8, 4) is 6.07 Å². The fourth-order valence-corrected chi connectivity index (χ4v) is 4.00. The molecule has 3 atom stereocenters. The van der Waals surface area contributed by atoms with Crippen molar-refractivity contribution < 1.29 is 5.11 Å². The number of benzene rings is 1. The third-order valence-electron chi connectivity index (χ3n) is 4.39. The Morgan fingerprint density at radius 3 is 2.53 bits per heavy atom. The minimum Gasteiger partial charge on any atom is -0.393 e. The van der Waals surface area contributed by atoms with E-state index in [1.807, 2.05) is 6.07 Å². The molecule has 2 fully saturated rings. The fraction of sp³-hybridized carbons (Fsp3) is 0.533. The third-order valence-corrected chi connectivity index (χ3v) is 5.05. The van der Waals surface area contributed by atoms with Crippen LogP contribution in [0.3, 0.4) is 0 Å². The summed E-state index contributed by atoms with van der Waals surface area (Å²) in [6.45, 7) is 2.06. The van der Waals surface area contributed by atoms with Crippen LogP contribution in [0.4, 0.5) is 5.69 Å². The number of hydrogen-bond donors (Lipinski definition) is 1. The maximum Gasteiger partial charge on any atom is 0.100 e. The van der Waals surface area contributed by atoms with Gasteiger partial charge in [-0.2, -0.15) is 5.26 Å². The van der Waals surface area contributed by atoms with Gasteiger partial charge in [0.05, 0.1) is 11.7 Å². The van der Waals surface area contributed by atoms with Gasteiger partial charge in [0.15, 0.2) is 0 Å². The van der Waals surface area contributed by atoms with Gasteiger partial charge in [0.2, 0.25) is 0 Å². The predicted octanol–water partition coefficient (Wildman–Crippen LogP) is 3.12. The number of anilines is 1. The fourth-order valence-electron chi connectivity index (χ4n) is 3.58. The second kappa shape index (κ2) is 4.81. The molecule has 0 aliphatic carbocycles. The van der Waals surface area contributed by atoms with E-state index in [9.17, 15) is 5.11 Å². The number of halogens is 1. The summed E-state index contributed by atoms with van der Waals surface area (Å²) in [5.74, 6) is 0. The molecule has 1 aromatic carbocycles. The monoisotopic (exact) mass is 320 g/mol. The zero-order valence-electron chi connectivity index (χ0n) is 10.9. The van der Waals surface area contributed by atoms with E-state index in [4.69, 9.17) is 5.26 Å². The van der Waals surface area contributed by atoms with E-state index in [1.54, 1.807) is 0 Å². The van der Waals surface area contributed by atoms with Crippen molar-refractivity contribution in [1.29, 1.82) is 5.26 Å². The van der Waals surface area contributed by atoms with E-state index < -0.39 is 0 Å². The molecule has 4 heteroatoms. The van der Waals surface area contributed by atoms with Crippen LogP contribution in [0, 0.1) is 18.3 Å². The molecular weight excluding hydrogens is 304 g/mol. The molecule has 3 nitrogen and oxygen atoms in total. The molecule has 0 aromatic heterocycles. The first-order valence-electron chi connectivity index (χ1n) is 6.76. The van der Waals surface area contributed by atoms with Crippen molar-refractivity contribution in [2.45, 2.75) is 50.8 Å². The van der Waals surface area contributed by atoms with Gasteiger partial charge in [-0.05, 0) is 66.2 Å². The summed E-state index contributed by atoms with van der Waals surface area (Å²) in [4.78, 5) is 2.47. The predicted molar refractivity (Wildman–Crippen MR) is 78.1 cm³/mol. The highest BCUT2D eigenvalue weighted by molar-refractivity contribution is 9.10. The number of rotatable bonds is 1. The molecule has 0 radical (unpaired) electrons. The van der Waals surface area contributed by atoms with Crippen LogP contribution in [-0.2, 0) is 0 Å². The average molecular weight is 321 g/mol. The van der Waals surface area contributed by atoms with Crippen LogP contribution in [0.2, 0.25) is 0 Å². The zero-order valence-corrected chi connectivity index (χ0v) is 12.5. The number of aliphatic hydroxyl groups excluding tert-OH is 1. The summed E-state index contributed by atoms with van der Waals surface area (Å²) in [5, 5.41) is 19.0. The van der Waals surface area contributed by atoms with Gasteiger partial charge in [0.25, 0.3) is 0 Å². The van der Waals surface area contributed by atoms with Crippen LogP contribution < -0.4 is 4.90 Å². The molecule has 0 saturated carbocycles. The highest BCUT2D eigenvalue weighted by Crippen LogP contribution is 2.41. The zero-order chi connectivity index (χ0) is 13.6. The van der Waals surface area contributed by atoms with E-state index >= 15 is 0 Å². The first kappa shape index (κ1) is 13.0. The maximum absolute atomic E-state index is 9.88. The Balaban J connectivity index is 2.00. The molecule has 2 heterocycles. The van der Waals surface area contributed by atoms with Crippen molar-refractivity contribution in [1.82, 2.24) is 0 Å². The molecule has 0 spiro atoms. The quantitative estimate of drug-likeness (QED) is 0.864. The van der Waals surface area contributed by atoms with Crippen molar-refractivity contribution in [3.63, 3.8) is 0 Å². The lowest BCUT2D eigenvalue weighted by Gasteiger charge is -2.40. The van der Waals surface area contributed by atoms with Gasteiger partial charge in [0, 0.05) is 22.2 Å². The number of fused-ring (bicyclic) bond motifs is 2. The number of hydrogen-bond acceptors (Lipinski definition) is 3. The SMILES string of the molecule is Cc1cc(C#N)c(Br)cc1N1[C@@H]2CC[C@H]1CC(O)C2. The second-order valence-electron chi connectivity index (χ2n) is 5.65. The van der Waals surface area contributed by atoms with Gasteiger partial charge in [-0.3, -0.25) is 0 Å². The number of aliphatic hydroxyl groups is 1. The maximum atomic E-state index is 9.88. The van der Waals surface area contributed by atoms with Gasteiger partial charge >= 0.3 is 0 Å². The Labute approximate surface area is 122 Å². The Hall–Kier alpha value is -1.05. The average Bonchev–Trinajstić information content (AvgIpc) is 2.63. The summed E-state index contributed by atoms with van der Waals surface area (Å²) in [5.41, 5.74) is 3.05. The van der Waals surface area contributed by atoms with Crippen molar-refractivity contribution in [2.75, 3.05) is 4.90 Å². The van der Waals surface area contributed by atoms with Crippen LogP contribution in [0.15, 0.2) is 16.6 Å². The lowest BCUT2D eigenvalue weighted by Crippen LogP contribution is -2.45. The Morgan fingerprint density at radius 2 is 1.95 bits per heavy atom. The van der Waals surface area contributed by atoms with Gasteiger partial charge < -0.3 is 10.0 Å². The highest BCUT2D eigenvalue weighted by atomic mass is 79.9. The second-order valence-corrected chi connectivity index (χ2v) is 6.50. The summed E-state index contributed by atoms with van der Waals surface area (Å²) >= 11 is 3.48. The number of piperidine rings is 1. The molecule has 1 N–H and O–H groups in total. The molecule has 3 rings (SSSR count). The Kier molecular flexibility index (Phi) is 3.28. The lowest BCUT2D eigenvalue weighted by molar-refractivity contribution is 0.126. The Bertz CT molecular complexity index is 538. The lowest BCUT2D eigenvalue weighted by atomic mass is 9.97. The highest BCUT2D eigenvalue weighted by Gasteiger charge is 2.40. The molecule has 2 aliphatic rings. The number of nitriles is 1. The largest absolute Gasteiger partial charge is 0.393 e. The van der Waals surface area contributed by atoms with Gasteiger partial charge in [-0.15, -0.1) is 0 Å². The molecule has 1 unspecified atom stereocenters. The standard InChI is InChI=1S/C15H17BrN2O/c1-9-4-10(8-17)14(16)7-15(9)18-11-2-3-12(18)6-13(19)5-11/h4,7,11-13,19H,2-3,5-6H2,1H3/t11-,12+,13?. The minimum atomic E-state index is -0.143. The summed E-state index contributed by atoms with van der Waals surface area (Å²) in [7, 11) is 0. The van der Waals surface area contributed by atoms with E-state index in [0.717, 1.165) is 22.9 Å². The molecule has 2 aliphatic heterocycles. The van der Waals surface area contributed by atoms with Gasteiger partial charge in [0.1, 0.15) is 6.07 Å². The summed E-state index contributed by atoms with van der Waals surface area (Å²) in [6.07, 6.45) is 3.93. The third kappa shape index (κ3) is 2.15. The topological polar surface area (TPSA) is 47.3 Å². The van der Waals surface area contributed by atoms with Crippen molar-refractivity contribution >= 4 is 21.6 Å². The molecule has 100 valence electrons. The first-order chi connectivity index (χ1) is 9.10. The molecule has 2 saturated heterocycles. The normalized spacial score (nSPS) is 29.4. The van der Waals surface area contributed by atoms with Crippen LogP contribution in [0.1, 0.15) is 36.8 Å². The molecule has 0 amide bonds. The van der Waals surface area contributed by atoms with Crippen LogP contribution in [0.5, 0.6) is 0 Å². The van der Waals surface area contributed by atoms with Crippen LogP contribution >= 0.6 is 15.9 Å². The summed E-state index contributed by atoms with van der Waals surface area (Å²) in [6, 6.07) is 7.12. The number of nitrogens with zero attached hydrogens (tertiary/aromatic N) is 2. The van der Waals surface area contributed by atoms with Crippen LogP contribution in [-0.4, -0.2) is 23.3 Å². The van der Waals surface area contributed by atoms with E-state index in [0.29, 0.717) is 17.6 Å². The van der Waals surface area contributed by atoms with Crippen molar-refractivity contribution in [3.05, 3.63) is 27.7 Å². The molecular formula is C15H17BrN2O. The van der Waals surface area contributed by atoms with Gasteiger partial charge in [-0.25, -0.2) is 0 Å². The van der Waals surface area contributed by atoms with E-state index in [1.165, 1.54) is 18.5 Å². The molecule has 19 heavy (non-hydrogen) atoms. The molecule has 2 bridgehead atoms.